The van der Waals surface area contributed by atoms with Crippen LogP contribution in [-0.2, 0) is 19.5 Å². The Morgan fingerprint density at radius 3 is 2.85 bits per heavy atom. The van der Waals surface area contributed by atoms with Gasteiger partial charge in [0.1, 0.15) is 16.3 Å². The van der Waals surface area contributed by atoms with Crippen molar-refractivity contribution in [2.75, 3.05) is 32.6 Å². The molecule has 3 N–H and O–H groups in total. The number of hydrogen-bond acceptors (Lipinski definition) is 5. The van der Waals surface area contributed by atoms with Gasteiger partial charge in [-0.25, -0.2) is 17.5 Å². The predicted octanol–water partition coefficient (Wildman–Crippen LogP) is 0.492. The Morgan fingerprint density at radius 2 is 2.30 bits per heavy atom. The summed E-state index contributed by atoms with van der Waals surface area (Å²) in [5.41, 5.74) is 4.86. The zero-order chi connectivity index (χ0) is 14.8. The molecular formula is C12H17FN2O4S. The first-order valence-corrected chi connectivity index (χ1v) is 7.54. The Kier molecular flexibility index (Phi) is 4.28. The lowest BCUT2D eigenvalue weighted by atomic mass is 10.0. The van der Waals surface area contributed by atoms with Crippen molar-refractivity contribution in [3.05, 3.63) is 24.0 Å². The third-order valence-electron chi connectivity index (χ3n) is 3.33. The highest BCUT2D eigenvalue weighted by Crippen LogP contribution is 2.23. The summed E-state index contributed by atoms with van der Waals surface area (Å²) >= 11 is 0. The van der Waals surface area contributed by atoms with Crippen molar-refractivity contribution < 1.29 is 22.3 Å². The van der Waals surface area contributed by atoms with Gasteiger partial charge in [0, 0.05) is 32.4 Å². The topological polar surface area (TPSA) is 90.7 Å². The standard InChI is InChI=1S/C12H17FN2O4S/c1-18-12(4-5-19-8-12)7-15-20(16,17)11-3-2-9(14)6-10(11)13/h2-3,6,15H,4-5,7-8,14H2,1H3. The van der Waals surface area contributed by atoms with Crippen molar-refractivity contribution in [1.82, 2.24) is 4.72 Å². The van der Waals surface area contributed by atoms with Crippen molar-refractivity contribution >= 4 is 15.7 Å². The Morgan fingerprint density at radius 1 is 1.55 bits per heavy atom. The molecule has 1 aliphatic heterocycles. The van der Waals surface area contributed by atoms with Gasteiger partial charge in [0.15, 0.2) is 0 Å². The van der Waals surface area contributed by atoms with Crippen LogP contribution in [0.3, 0.4) is 0 Å². The quantitative estimate of drug-likeness (QED) is 0.773. The van der Waals surface area contributed by atoms with Gasteiger partial charge >= 0.3 is 0 Å². The fraction of sp³-hybridized carbons (Fsp3) is 0.500. The number of nitrogens with one attached hydrogen (secondary N) is 1. The van der Waals surface area contributed by atoms with Crippen LogP contribution < -0.4 is 10.5 Å². The molecule has 1 aromatic rings. The largest absolute Gasteiger partial charge is 0.399 e. The maximum absolute atomic E-state index is 13.7. The van der Waals surface area contributed by atoms with Gasteiger partial charge in [-0.1, -0.05) is 0 Å². The van der Waals surface area contributed by atoms with Gasteiger partial charge in [-0.05, 0) is 18.2 Å². The first-order chi connectivity index (χ1) is 9.38. The van der Waals surface area contributed by atoms with Crippen LogP contribution in [0.4, 0.5) is 10.1 Å². The van der Waals surface area contributed by atoms with Crippen LogP contribution in [-0.4, -0.2) is 40.9 Å². The molecule has 2 rings (SSSR count). The second-order valence-corrected chi connectivity index (χ2v) is 6.44. The molecule has 0 spiro atoms. The fourth-order valence-corrected chi connectivity index (χ4v) is 3.17. The molecule has 0 aliphatic carbocycles. The first-order valence-electron chi connectivity index (χ1n) is 6.06. The summed E-state index contributed by atoms with van der Waals surface area (Å²) in [4.78, 5) is -0.433. The van der Waals surface area contributed by atoms with Crippen molar-refractivity contribution in [3.63, 3.8) is 0 Å². The van der Waals surface area contributed by atoms with Gasteiger partial charge in [-0.3, -0.25) is 0 Å². The van der Waals surface area contributed by atoms with E-state index in [2.05, 4.69) is 4.72 Å². The summed E-state index contributed by atoms with van der Waals surface area (Å²) in [5.74, 6) is -0.883. The van der Waals surface area contributed by atoms with Crippen LogP contribution in [0.1, 0.15) is 6.42 Å². The number of benzene rings is 1. The third kappa shape index (κ3) is 3.09. The molecule has 1 aromatic carbocycles. The van der Waals surface area contributed by atoms with Gasteiger partial charge in [-0.2, -0.15) is 0 Å². The summed E-state index contributed by atoms with van der Waals surface area (Å²) in [5, 5.41) is 0. The van der Waals surface area contributed by atoms with Crippen LogP contribution in [0.15, 0.2) is 23.1 Å². The van der Waals surface area contributed by atoms with E-state index < -0.39 is 26.3 Å². The van der Waals surface area contributed by atoms with Gasteiger partial charge < -0.3 is 15.2 Å². The molecule has 112 valence electrons. The number of nitrogen functional groups attached to an aromatic ring is 1. The monoisotopic (exact) mass is 304 g/mol. The number of halogens is 1. The zero-order valence-corrected chi connectivity index (χ0v) is 11.9. The van der Waals surface area contributed by atoms with Crippen LogP contribution in [0.5, 0.6) is 0 Å². The molecule has 0 radical (unpaired) electrons. The van der Waals surface area contributed by atoms with Crippen molar-refractivity contribution in [1.29, 1.82) is 0 Å². The molecule has 8 heteroatoms. The second kappa shape index (κ2) is 5.65. The summed E-state index contributed by atoms with van der Waals surface area (Å²) < 4.78 is 50.7. The molecular weight excluding hydrogens is 287 g/mol. The highest BCUT2D eigenvalue weighted by Gasteiger charge is 2.36. The van der Waals surface area contributed by atoms with Crippen LogP contribution in [0, 0.1) is 5.82 Å². The molecule has 1 heterocycles. The minimum Gasteiger partial charge on any atom is -0.399 e. The first kappa shape index (κ1) is 15.2. The minimum absolute atomic E-state index is 0.0235. The molecule has 6 nitrogen and oxygen atoms in total. The summed E-state index contributed by atoms with van der Waals surface area (Å²) in [6, 6.07) is 3.44. The number of sulfonamides is 1. The lowest BCUT2D eigenvalue weighted by Crippen LogP contribution is -2.45. The highest BCUT2D eigenvalue weighted by molar-refractivity contribution is 7.89. The summed E-state index contributed by atoms with van der Waals surface area (Å²) in [6.07, 6.45) is 0.580. The number of ether oxygens (including phenoxy) is 2. The lowest BCUT2D eigenvalue weighted by Gasteiger charge is -2.25. The smallest absolute Gasteiger partial charge is 0.243 e. The van der Waals surface area contributed by atoms with Gasteiger partial charge in [0.25, 0.3) is 0 Å². The van der Waals surface area contributed by atoms with Crippen molar-refractivity contribution in [2.24, 2.45) is 0 Å². The van der Waals surface area contributed by atoms with E-state index in [1.165, 1.54) is 13.2 Å². The minimum atomic E-state index is -3.96. The molecule has 1 fully saturated rings. The summed E-state index contributed by atoms with van der Waals surface area (Å²) in [7, 11) is -2.47. The lowest BCUT2D eigenvalue weighted by molar-refractivity contribution is -0.0120. The molecule has 0 aromatic heterocycles. The number of nitrogens with two attached hydrogens (primary N) is 1. The molecule has 0 saturated carbocycles. The number of hydrogen-bond donors (Lipinski definition) is 2. The highest BCUT2D eigenvalue weighted by atomic mass is 32.2. The second-order valence-electron chi connectivity index (χ2n) is 4.70. The Labute approximate surface area is 117 Å². The number of anilines is 1. The maximum Gasteiger partial charge on any atom is 0.243 e. The van der Waals surface area contributed by atoms with E-state index in [9.17, 15) is 12.8 Å². The van der Waals surface area contributed by atoms with Crippen LogP contribution in [0.25, 0.3) is 0 Å². The fourth-order valence-electron chi connectivity index (χ4n) is 2.00. The molecule has 0 bridgehead atoms. The number of rotatable bonds is 5. The van der Waals surface area contributed by atoms with E-state index >= 15 is 0 Å². The van der Waals surface area contributed by atoms with E-state index in [1.807, 2.05) is 0 Å². The Hall–Kier alpha value is -1.22. The van der Waals surface area contributed by atoms with E-state index in [-0.39, 0.29) is 12.2 Å². The van der Waals surface area contributed by atoms with Crippen molar-refractivity contribution in [3.8, 4) is 0 Å². The Bertz CT molecular complexity index is 585. The van der Waals surface area contributed by atoms with Gasteiger partial charge in [-0.15, -0.1) is 0 Å². The normalized spacial score (nSPS) is 23.1. The average Bonchev–Trinajstić information content (AvgIpc) is 2.85. The van der Waals surface area contributed by atoms with Crippen molar-refractivity contribution in [2.45, 2.75) is 16.9 Å². The van der Waals surface area contributed by atoms with Gasteiger partial charge in [0.05, 0.1) is 6.61 Å². The molecule has 0 amide bonds. The summed E-state index contributed by atoms with van der Waals surface area (Å²) in [6.45, 7) is 0.831. The average molecular weight is 304 g/mol. The van der Waals surface area contributed by atoms with E-state index in [1.54, 1.807) is 0 Å². The van der Waals surface area contributed by atoms with E-state index in [4.69, 9.17) is 15.2 Å². The molecule has 1 unspecified atom stereocenters. The van der Waals surface area contributed by atoms with E-state index in [0.29, 0.717) is 19.6 Å². The van der Waals surface area contributed by atoms with E-state index in [0.717, 1.165) is 12.1 Å². The Balaban J connectivity index is 2.15. The zero-order valence-electron chi connectivity index (χ0n) is 11.1. The molecule has 1 saturated heterocycles. The maximum atomic E-state index is 13.7. The number of methoxy groups -OCH3 is 1. The van der Waals surface area contributed by atoms with Gasteiger partial charge in [0.2, 0.25) is 10.0 Å². The van der Waals surface area contributed by atoms with Crippen LogP contribution >= 0.6 is 0 Å². The third-order valence-corrected chi connectivity index (χ3v) is 4.76. The predicted molar refractivity (Wildman–Crippen MR) is 71.2 cm³/mol. The SMILES string of the molecule is COC1(CNS(=O)(=O)c2ccc(N)cc2F)CCOC1. The molecule has 20 heavy (non-hydrogen) atoms. The molecule has 1 atom stereocenters. The molecule has 1 aliphatic rings. The van der Waals surface area contributed by atoms with Crippen LogP contribution in [0.2, 0.25) is 0 Å².